The Morgan fingerprint density at radius 1 is 0.842 bits per heavy atom. The topological polar surface area (TPSA) is 85.0 Å². The number of halogens is 1. The smallest absolute Gasteiger partial charge is 0.162 e. The van der Waals surface area contributed by atoms with Crippen molar-refractivity contribution < 1.29 is 9.47 Å². The molecule has 0 saturated heterocycles. The fourth-order valence-electron chi connectivity index (χ4n) is 4.41. The summed E-state index contributed by atoms with van der Waals surface area (Å²) in [6, 6.07) is 28.2. The van der Waals surface area contributed by atoms with Gasteiger partial charge in [-0.15, -0.1) is 11.6 Å². The molecular formula is C30H24ClN5O2. The Hall–Kier alpha value is -4.62. The molecule has 4 aromatic carbocycles. The van der Waals surface area contributed by atoms with Crippen molar-refractivity contribution in [1.29, 1.82) is 0 Å². The van der Waals surface area contributed by atoms with Crippen LogP contribution in [0, 0.1) is 0 Å². The number of fused-ring (bicyclic) bond motifs is 2. The number of methoxy groups -OCH3 is 1. The summed E-state index contributed by atoms with van der Waals surface area (Å²) in [5.41, 5.74) is 5.69. The van der Waals surface area contributed by atoms with Gasteiger partial charge in [0.25, 0.3) is 0 Å². The second kappa shape index (κ2) is 10.4. The third kappa shape index (κ3) is 4.71. The van der Waals surface area contributed by atoms with Gasteiger partial charge < -0.3 is 14.8 Å². The number of anilines is 2. The summed E-state index contributed by atoms with van der Waals surface area (Å²) in [7, 11) is 1.61. The zero-order chi connectivity index (χ0) is 25.9. The van der Waals surface area contributed by atoms with Crippen LogP contribution in [0.2, 0.25) is 0 Å². The van der Waals surface area contributed by atoms with Gasteiger partial charge in [-0.25, -0.2) is 9.97 Å². The Balaban J connectivity index is 1.50. The van der Waals surface area contributed by atoms with Crippen LogP contribution in [0.4, 0.5) is 11.5 Å². The first-order valence-corrected chi connectivity index (χ1v) is 12.7. The van der Waals surface area contributed by atoms with Crippen molar-refractivity contribution >= 4 is 44.9 Å². The Bertz CT molecular complexity index is 1740. The first kappa shape index (κ1) is 23.8. The maximum Gasteiger partial charge on any atom is 0.162 e. The van der Waals surface area contributed by atoms with Gasteiger partial charge in [0.2, 0.25) is 0 Å². The van der Waals surface area contributed by atoms with E-state index in [1.165, 1.54) is 0 Å². The summed E-state index contributed by atoms with van der Waals surface area (Å²) in [6.45, 7) is 0.356. The number of benzene rings is 4. The highest BCUT2D eigenvalue weighted by Crippen LogP contribution is 2.37. The normalized spacial score (nSPS) is 11.1. The average Bonchev–Trinajstić information content (AvgIpc) is 3.44. The molecule has 0 spiro atoms. The first-order chi connectivity index (χ1) is 18.7. The molecule has 2 heterocycles. The van der Waals surface area contributed by atoms with Crippen LogP contribution in [0.25, 0.3) is 44.3 Å². The first-order valence-electron chi connectivity index (χ1n) is 12.2. The van der Waals surface area contributed by atoms with Crippen LogP contribution in [0.1, 0.15) is 0 Å². The zero-order valence-corrected chi connectivity index (χ0v) is 21.4. The van der Waals surface area contributed by atoms with Crippen molar-refractivity contribution in [2.45, 2.75) is 0 Å². The molecule has 2 aromatic heterocycles. The second-order valence-electron chi connectivity index (χ2n) is 8.70. The fourth-order valence-corrected chi connectivity index (χ4v) is 4.48. The number of aromatic amines is 1. The highest BCUT2D eigenvalue weighted by atomic mass is 35.5. The molecule has 8 heteroatoms. The maximum absolute atomic E-state index is 5.88. The lowest BCUT2D eigenvalue weighted by Gasteiger charge is -2.15. The largest absolute Gasteiger partial charge is 0.493 e. The van der Waals surface area contributed by atoms with Gasteiger partial charge in [0.05, 0.1) is 30.2 Å². The Kier molecular flexibility index (Phi) is 6.50. The number of nitrogens with one attached hydrogen (secondary N) is 2. The van der Waals surface area contributed by atoms with E-state index in [9.17, 15) is 0 Å². The van der Waals surface area contributed by atoms with Gasteiger partial charge in [-0.2, -0.15) is 5.10 Å². The molecule has 0 fully saturated rings. The predicted octanol–water partition coefficient (Wildman–Crippen LogP) is 7.21. The van der Waals surface area contributed by atoms with Gasteiger partial charge in [-0.3, -0.25) is 5.10 Å². The van der Waals surface area contributed by atoms with E-state index in [0.717, 1.165) is 44.2 Å². The van der Waals surface area contributed by atoms with E-state index in [2.05, 4.69) is 39.8 Å². The number of rotatable bonds is 8. The van der Waals surface area contributed by atoms with Gasteiger partial charge in [0, 0.05) is 28.1 Å². The molecule has 0 aliphatic carbocycles. The Labute approximate surface area is 224 Å². The van der Waals surface area contributed by atoms with Crippen LogP contribution in [0.3, 0.4) is 0 Å². The van der Waals surface area contributed by atoms with E-state index in [0.29, 0.717) is 35.6 Å². The van der Waals surface area contributed by atoms with Crippen molar-refractivity contribution in [2.75, 3.05) is 24.9 Å². The van der Waals surface area contributed by atoms with Gasteiger partial charge in [0.15, 0.2) is 17.3 Å². The fraction of sp³-hybridized carbons (Fsp3) is 0.100. The van der Waals surface area contributed by atoms with Crippen LogP contribution in [-0.2, 0) is 0 Å². The molecule has 38 heavy (non-hydrogen) atoms. The lowest BCUT2D eigenvalue weighted by Crippen LogP contribution is -2.03. The molecule has 0 aliphatic rings. The molecule has 2 N–H and O–H groups in total. The summed E-state index contributed by atoms with van der Waals surface area (Å²) in [5.74, 6) is 2.77. The Morgan fingerprint density at radius 2 is 1.68 bits per heavy atom. The number of hydrogen-bond donors (Lipinski definition) is 2. The second-order valence-corrected chi connectivity index (χ2v) is 9.08. The monoisotopic (exact) mass is 521 g/mol. The quantitative estimate of drug-likeness (QED) is 0.206. The number of hydrogen-bond acceptors (Lipinski definition) is 6. The molecule has 0 unspecified atom stereocenters. The molecule has 0 bridgehead atoms. The van der Waals surface area contributed by atoms with E-state index in [-0.39, 0.29) is 0 Å². The van der Waals surface area contributed by atoms with Crippen LogP contribution >= 0.6 is 11.6 Å². The molecule has 7 nitrogen and oxygen atoms in total. The van der Waals surface area contributed by atoms with E-state index in [4.69, 9.17) is 31.0 Å². The number of ether oxygens (including phenoxy) is 2. The maximum atomic E-state index is 5.88. The average molecular weight is 522 g/mol. The minimum Gasteiger partial charge on any atom is -0.493 e. The Morgan fingerprint density at radius 3 is 2.53 bits per heavy atom. The summed E-state index contributed by atoms with van der Waals surface area (Å²) in [5, 5.41) is 12.4. The van der Waals surface area contributed by atoms with E-state index >= 15 is 0 Å². The van der Waals surface area contributed by atoms with Gasteiger partial charge in [-0.05, 0) is 41.5 Å². The van der Waals surface area contributed by atoms with Gasteiger partial charge in [-0.1, -0.05) is 48.5 Å². The lowest BCUT2D eigenvalue weighted by atomic mass is 10.0. The molecule has 6 rings (SSSR count). The molecule has 188 valence electrons. The predicted molar refractivity (Wildman–Crippen MR) is 153 cm³/mol. The van der Waals surface area contributed by atoms with Crippen molar-refractivity contribution in [2.24, 2.45) is 0 Å². The van der Waals surface area contributed by atoms with Gasteiger partial charge >= 0.3 is 0 Å². The number of nitrogens with zero attached hydrogens (tertiary/aromatic N) is 3. The molecule has 0 saturated carbocycles. The van der Waals surface area contributed by atoms with Crippen LogP contribution in [0.5, 0.6) is 11.5 Å². The highest BCUT2D eigenvalue weighted by Gasteiger charge is 2.16. The van der Waals surface area contributed by atoms with E-state index in [1.807, 2.05) is 60.7 Å². The molecule has 0 aliphatic heterocycles. The van der Waals surface area contributed by atoms with E-state index < -0.39 is 0 Å². The summed E-state index contributed by atoms with van der Waals surface area (Å²) in [4.78, 5) is 9.90. The van der Waals surface area contributed by atoms with Crippen molar-refractivity contribution in [3.63, 3.8) is 0 Å². The highest BCUT2D eigenvalue weighted by molar-refractivity contribution is 6.18. The number of H-pyrrole nitrogens is 1. The van der Waals surface area contributed by atoms with Gasteiger partial charge in [0.1, 0.15) is 12.4 Å². The number of aromatic nitrogens is 4. The SMILES string of the molecule is COc1cc2nc(-c3cccc(-c4ccccc4)c3)nc(Nc3ccc4[nH]ncc4c3)c2cc1OCCCl. The third-order valence-electron chi connectivity index (χ3n) is 6.25. The van der Waals surface area contributed by atoms with Crippen LogP contribution in [-0.4, -0.2) is 39.8 Å². The molecule has 0 atom stereocenters. The van der Waals surface area contributed by atoms with Crippen LogP contribution in [0.15, 0.2) is 91.1 Å². The number of alkyl halides is 1. The standard InChI is InChI=1S/C30H24ClN5O2/c1-37-27-17-26-24(16-28(27)38-13-12-31)30(33-23-10-11-25-22(15-23)18-32-36-25)35-29(34-26)21-9-5-8-20(14-21)19-6-3-2-4-7-19/h2-11,14-18H,12-13H2,1H3,(H,32,36)(H,33,34,35). The zero-order valence-electron chi connectivity index (χ0n) is 20.6. The summed E-state index contributed by atoms with van der Waals surface area (Å²) >= 11 is 5.88. The minimum atomic E-state index is 0.356. The van der Waals surface area contributed by atoms with Crippen LogP contribution < -0.4 is 14.8 Å². The third-order valence-corrected chi connectivity index (χ3v) is 6.40. The van der Waals surface area contributed by atoms with Crippen molar-refractivity contribution in [3.05, 3.63) is 91.1 Å². The molecular weight excluding hydrogens is 498 g/mol. The van der Waals surface area contributed by atoms with Crippen molar-refractivity contribution in [3.8, 4) is 34.0 Å². The summed E-state index contributed by atoms with van der Waals surface area (Å²) in [6.07, 6.45) is 1.79. The molecule has 0 amide bonds. The molecule has 6 aromatic rings. The molecule has 0 radical (unpaired) electrons. The van der Waals surface area contributed by atoms with E-state index in [1.54, 1.807) is 13.3 Å². The summed E-state index contributed by atoms with van der Waals surface area (Å²) < 4.78 is 11.5. The lowest BCUT2D eigenvalue weighted by molar-refractivity contribution is 0.313. The van der Waals surface area contributed by atoms with Crippen molar-refractivity contribution in [1.82, 2.24) is 20.2 Å². The minimum absolute atomic E-state index is 0.356.